The summed E-state index contributed by atoms with van der Waals surface area (Å²) in [7, 11) is 0. The maximum Gasteiger partial charge on any atom is 0.0907 e. The number of fused-ring (bicyclic) bond motifs is 1. The van der Waals surface area contributed by atoms with E-state index in [1.807, 2.05) is 24.3 Å². The third-order valence-electron chi connectivity index (χ3n) is 2.51. The Morgan fingerprint density at radius 1 is 1.00 bits per heavy atom. The van der Waals surface area contributed by atoms with Gasteiger partial charge in [-0.05, 0) is 24.3 Å². The second kappa shape index (κ2) is 4.21. The van der Waals surface area contributed by atoms with Crippen LogP contribution in [0.2, 0.25) is 0 Å². The van der Waals surface area contributed by atoms with Crippen LogP contribution in [0, 0.1) is 0 Å². The van der Waals surface area contributed by atoms with Crippen LogP contribution in [-0.2, 0) is 6.54 Å². The standard InChI is InChI=1S/C12H11N5/c1-2-11-12(14-6-5-13-11)7-9(1)15-8-10-3-4-16-17-10/h1-7,15H,8H2,(H,16,17). The molecule has 0 aliphatic carbocycles. The van der Waals surface area contributed by atoms with Crippen LogP contribution in [-0.4, -0.2) is 20.2 Å². The molecule has 0 saturated heterocycles. The molecule has 5 heteroatoms. The summed E-state index contributed by atoms with van der Waals surface area (Å²) in [5.41, 5.74) is 3.86. The van der Waals surface area contributed by atoms with Gasteiger partial charge in [-0.2, -0.15) is 5.10 Å². The molecule has 0 radical (unpaired) electrons. The number of aromatic amines is 1. The van der Waals surface area contributed by atoms with Gasteiger partial charge in [0.1, 0.15) is 0 Å². The van der Waals surface area contributed by atoms with E-state index in [9.17, 15) is 0 Å². The van der Waals surface area contributed by atoms with Gasteiger partial charge in [-0.3, -0.25) is 15.1 Å². The van der Waals surface area contributed by atoms with Gasteiger partial charge in [0.25, 0.3) is 0 Å². The van der Waals surface area contributed by atoms with E-state index in [1.54, 1.807) is 18.6 Å². The highest BCUT2D eigenvalue weighted by Gasteiger charge is 1.98. The molecule has 0 atom stereocenters. The smallest absolute Gasteiger partial charge is 0.0907 e. The summed E-state index contributed by atoms with van der Waals surface area (Å²) in [6, 6.07) is 7.87. The van der Waals surface area contributed by atoms with Gasteiger partial charge in [-0.25, -0.2) is 0 Å². The first-order valence-corrected chi connectivity index (χ1v) is 5.35. The molecule has 0 bridgehead atoms. The second-order valence-electron chi connectivity index (χ2n) is 3.70. The van der Waals surface area contributed by atoms with Gasteiger partial charge in [-0.15, -0.1) is 0 Å². The van der Waals surface area contributed by atoms with Crippen molar-refractivity contribution in [1.82, 2.24) is 20.2 Å². The summed E-state index contributed by atoms with van der Waals surface area (Å²) in [5.74, 6) is 0. The highest BCUT2D eigenvalue weighted by atomic mass is 15.1. The van der Waals surface area contributed by atoms with Gasteiger partial charge in [0, 0.05) is 24.3 Å². The van der Waals surface area contributed by atoms with Crippen LogP contribution in [0.1, 0.15) is 5.69 Å². The van der Waals surface area contributed by atoms with Crippen molar-refractivity contribution < 1.29 is 0 Å². The Morgan fingerprint density at radius 3 is 2.71 bits per heavy atom. The van der Waals surface area contributed by atoms with E-state index in [0.717, 1.165) is 22.4 Å². The quantitative estimate of drug-likeness (QED) is 0.715. The molecule has 0 aliphatic heterocycles. The molecule has 5 nitrogen and oxygen atoms in total. The van der Waals surface area contributed by atoms with E-state index < -0.39 is 0 Å². The zero-order valence-electron chi connectivity index (χ0n) is 9.09. The lowest BCUT2D eigenvalue weighted by Crippen LogP contribution is -1.99. The Labute approximate surface area is 97.9 Å². The third kappa shape index (κ3) is 2.08. The topological polar surface area (TPSA) is 66.5 Å². The van der Waals surface area contributed by atoms with Crippen LogP contribution < -0.4 is 5.32 Å². The monoisotopic (exact) mass is 225 g/mol. The first kappa shape index (κ1) is 9.77. The number of rotatable bonds is 3. The summed E-state index contributed by atoms with van der Waals surface area (Å²) in [5, 5.41) is 10.1. The predicted molar refractivity (Wildman–Crippen MR) is 65.5 cm³/mol. The number of hydrogen-bond acceptors (Lipinski definition) is 4. The van der Waals surface area contributed by atoms with Gasteiger partial charge >= 0.3 is 0 Å². The minimum absolute atomic E-state index is 0.714. The number of aromatic nitrogens is 4. The molecule has 0 spiro atoms. The van der Waals surface area contributed by atoms with Crippen molar-refractivity contribution in [3.05, 3.63) is 48.5 Å². The second-order valence-corrected chi connectivity index (χ2v) is 3.70. The van der Waals surface area contributed by atoms with Crippen LogP contribution in [0.15, 0.2) is 42.9 Å². The first-order valence-electron chi connectivity index (χ1n) is 5.35. The lowest BCUT2D eigenvalue weighted by molar-refractivity contribution is 0.982. The molecule has 3 aromatic rings. The Bertz CT molecular complexity index is 618. The van der Waals surface area contributed by atoms with Crippen molar-refractivity contribution in [2.75, 3.05) is 5.32 Å². The van der Waals surface area contributed by atoms with Crippen LogP contribution in [0.4, 0.5) is 5.69 Å². The average molecular weight is 225 g/mol. The fourth-order valence-corrected chi connectivity index (χ4v) is 1.65. The Morgan fingerprint density at radius 2 is 1.88 bits per heavy atom. The van der Waals surface area contributed by atoms with E-state index >= 15 is 0 Å². The van der Waals surface area contributed by atoms with Crippen molar-refractivity contribution >= 4 is 16.7 Å². The molecule has 0 saturated carbocycles. The molecule has 0 aliphatic rings. The average Bonchev–Trinajstić information content (AvgIpc) is 2.89. The van der Waals surface area contributed by atoms with E-state index in [1.165, 1.54) is 0 Å². The lowest BCUT2D eigenvalue weighted by atomic mass is 10.2. The van der Waals surface area contributed by atoms with Gasteiger partial charge in [0.2, 0.25) is 0 Å². The Kier molecular flexibility index (Phi) is 2.42. The molecule has 3 rings (SSSR count). The molecule has 0 fully saturated rings. The van der Waals surface area contributed by atoms with E-state index in [-0.39, 0.29) is 0 Å². The predicted octanol–water partition coefficient (Wildman–Crippen LogP) is 1.96. The zero-order chi connectivity index (χ0) is 11.5. The van der Waals surface area contributed by atoms with Crippen LogP contribution in [0.25, 0.3) is 11.0 Å². The lowest BCUT2D eigenvalue weighted by Gasteiger charge is -2.05. The number of nitrogens with zero attached hydrogens (tertiary/aromatic N) is 3. The molecular weight excluding hydrogens is 214 g/mol. The van der Waals surface area contributed by atoms with Crippen LogP contribution >= 0.6 is 0 Å². The highest BCUT2D eigenvalue weighted by Crippen LogP contribution is 2.15. The minimum atomic E-state index is 0.714. The van der Waals surface area contributed by atoms with Crippen molar-refractivity contribution in [2.24, 2.45) is 0 Å². The van der Waals surface area contributed by atoms with E-state index in [2.05, 4.69) is 25.5 Å². The molecule has 2 aromatic heterocycles. The fraction of sp³-hybridized carbons (Fsp3) is 0.0833. The van der Waals surface area contributed by atoms with E-state index in [4.69, 9.17) is 0 Å². The van der Waals surface area contributed by atoms with Crippen molar-refractivity contribution in [1.29, 1.82) is 0 Å². The van der Waals surface area contributed by atoms with Crippen LogP contribution in [0.5, 0.6) is 0 Å². The molecule has 2 heterocycles. The first-order chi connectivity index (χ1) is 8.42. The molecule has 84 valence electrons. The molecule has 17 heavy (non-hydrogen) atoms. The molecule has 0 amide bonds. The molecule has 1 aromatic carbocycles. The number of anilines is 1. The van der Waals surface area contributed by atoms with Gasteiger partial charge in [-0.1, -0.05) is 0 Å². The largest absolute Gasteiger partial charge is 0.379 e. The van der Waals surface area contributed by atoms with E-state index in [0.29, 0.717) is 6.54 Å². The Hall–Kier alpha value is -2.43. The highest BCUT2D eigenvalue weighted by molar-refractivity contribution is 5.78. The Balaban J connectivity index is 1.81. The minimum Gasteiger partial charge on any atom is -0.379 e. The van der Waals surface area contributed by atoms with Gasteiger partial charge < -0.3 is 5.32 Å². The van der Waals surface area contributed by atoms with Crippen molar-refractivity contribution in [3.8, 4) is 0 Å². The third-order valence-corrected chi connectivity index (χ3v) is 2.51. The number of hydrogen-bond donors (Lipinski definition) is 2. The summed E-state index contributed by atoms with van der Waals surface area (Å²) in [4.78, 5) is 8.49. The SMILES string of the molecule is c1cc(CNc2ccc3nccnc3c2)[nH]n1. The number of nitrogens with one attached hydrogen (secondary N) is 2. The fourth-order valence-electron chi connectivity index (χ4n) is 1.65. The summed E-state index contributed by atoms with van der Waals surface area (Å²) in [6.45, 7) is 0.714. The zero-order valence-corrected chi connectivity index (χ0v) is 9.09. The molecule has 2 N–H and O–H groups in total. The summed E-state index contributed by atoms with van der Waals surface area (Å²) < 4.78 is 0. The van der Waals surface area contributed by atoms with Crippen LogP contribution in [0.3, 0.4) is 0 Å². The van der Waals surface area contributed by atoms with Crippen molar-refractivity contribution in [3.63, 3.8) is 0 Å². The number of H-pyrrole nitrogens is 1. The summed E-state index contributed by atoms with van der Waals surface area (Å²) >= 11 is 0. The summed E-state index contributed by atoms with van der Waals surface area (Å²) in [6.07, 6.45) is 5.13. The number of benzene rings is 1. The maximum atomic E-state index is 4.26. The maximum absolute atomic E-state index is 4.26. The van der Waals surface area contributed by atoms with Crippen molar-refractivity contribution in [2.45, 2.75) is 6.54 Å². The van der Waals surface area contributed by atoms with Gasteiger partial charge in [0.05, 0.1) is 23.3 Å². The molecule has 0 unspecified atom stereocenters. The molecular formula is C12H11N5. The normalized spacial score (nSPS) is 10.6. The van der Waals surface area contributed by atoms with Gasteiger partial charge in [0.15, 0.2) is 0 Å².